The number of fused-ring (bicyclic) bond motifs is 1. The first-order valence-corrected chi connectivity index (χ1v) is 21.6. The number of alkyl carbamates (subject to hydrolysis) is 1. The van der Waals surface area contributed by atoms with Crippen LogP contribution in [0.15, 0.2) is 53.4 Å². The van der Waals surface area contributed by atoms with E-state index < -0.39 is 41.8 Å². The number of ether oxygens (including phenoxy) is 5. The van der Waals surface area contributed by atoms with Crippen molar-refractivity contribution in [3.8, 4) is 5.75 Å². The van der Waals surface area contributed by atoms with Crippen molar-refractivity contribution < 1.29 is 56.6 Å². The summed E-state index contributed by atoms with van der Waals surface area (Å²) in [7, 11) is -3.74. The predicted molar refractivity (Wildman–Crippen MR) is 198 cm³/mol. The molecule has 1 amide bonds. The van der Waals surface area contributed by atoms with E-state index in [9.17, 15) is 23.3 Å². The highest BCUT2D eigenvalue weighted by molar-refractivity contribution is 8.20. The molecule has 0 aliphatic carbocycles. The van der Waals surface area contributed by atoms with Gasteiger partial charge >= 0.3 is 19.7 Å². The Morgan fingerprint density at radius 2 is 1.79 bits per heavy atom. The SMILES string of the molecule is B[SH](=O)(c1ccc(OC)cc1)N(CC[C@H](Cc1ccc(CCP(=O)(O)O[C@@H](C)C(=O)OCCO)cc1)NC(=O)O[C@H]1CO[C@H]2OCC[C@H]21)CC(C)C. The number of aliphatic hydroxyl groups is 1. The maximum Gasteiger partial charge on any atom is 0.407 e. The number of aryl methyl sites for hydroxylation is 1. The zero-order valence-corrected chi connectivity index (χ0v) is 32.5. The third-order valence-electron chi connectivity index (χ3n) is 9.15. The number of carbonyl (C=O) groups excluding carboxylic acids is 2. The Labute approximate surface area is 308 Å². The van der Waals surface area contributed by atoms with Crippen molar-refractivity contribution >= 4 is 36.8 Å². The van der Waals surface area contributed by atoms with Crippen LogP contribution in [0, 0.1) is 11.8 Å². The summed E-state index contributed by atoms with van der Waals surface area (Å²) in [6, 6.07) is 14.4. The van der Waals surface area contributed by atoms with Crippen LogP contribution >= 0.6 is 7.60 Å². The highest BCUT2D eigenvalue weighted by Gasteiger charge is 2.44. The van der Waals surface area contributed by atoms with Gasteiger partial charge in [0.1, 0.15) is 18.5 Å². The van der Waals surface area contributed by atoms with Crippen LogP contribution in [0.4, 0.5) is 4.79 Å². The van der Waals surface area contributed by atoms with Crippen LogP contribution in [-0.2, 0) is 55.6 Å². The number of hydrogen-bond donors (Lipinski definition) is 4. The monoisotopic (exact) mass is 768 g/mol. The summed E-state index contributed by atoms with van der Waals surface area (Å²) < 4.78 is 61.2. The van der Waals surface area contributed by atoms with Crippen LogP contribution in [0.25, 0.3) is 0 Å². The lowest BCUT2D eigenvalue weighted by atomic mass is 10.0. The van der Waals surface area contributed by atoms with Gasteiger partial charge in [-0.3, -0.25) is 17.6 Å². The van der Waals surface area contributed by atoms with Crippen LogP contribution in [0.5, 0.6) is 5.75 Å². The van der Waals surface area contributed by atoms with Gasteiger partial charge in [0.15, 0.2) is 12.4 Å². The maximum atomic E-state index is 14.4. The Hall–Kier alpha value is -2.82. The molecule has 2 aromatic rings. The average Bonchev–Trinajstić information content (AvgIpc) is 3.73. The molecule has 4 rings (SSSR count). The number of amides is 1. The van der Waals surface area contributed by atoms with Crippen molar-refractivity contribution in [2.75, 3.05) is 52.8 Å². The number of hydrogen-bond acceptors (Lipinski definition) is 11. The molecule has 52 heavy (non-hydrogen) atoms. The Morgan fingerprint density at radius 3 is 2.44 bits per heavy atom. The Morgan fingerprint density at radius 1 is 1.10 bits per heavy atom. The van der Waals surface area contributed by atoms with E-state index in [0.29, 0.717) is 38.3 Å². The van der Waals surface area contributed by atoms with Crippen molar-refractivity contribution in [2.45, 2.75) is 75.9 Å². The summed E-state index contributed by atoms with van der Waals surface area (Å²) >= 11 is 0. The number of rotatable bonds is 20. The Balaban J connectivity index is 1.43. The second kappa shape index (κ2) is 19.5. The predicted octanol–water partition coefficient (Wildman–Crippen LogP) is 2.65. The van der Waals surface area contributed by atoms with Gasteiger partial charge in [0, 0.05) is 24.0 Å². The van der Waals surface area contributed by atoms with E-state index in [1.165, 1.54) is 6.92 Å². The van der Waals surface area contributed by atoms with Crippen LogP contribution in [0.1, 0.15) is 44.7 Å². The van der Waals surface area contributed by atoms with Crippen LogP contribution in [0.2, 0.25) is 0 Å². The van der Waals surface area contributed by atoms with Gasteiger partial charge in [0.05, 0.1) is 39.0 Å². The number of carbonyl (C=O) groups is 2. The highest BCUT2D eigenvalue weighted by atomic mass is 32.2. The van der Waals surface area contributed by atoms with Crippen molar-refractivity contribution in [1.82, 2.24) is 9.62 Å². The third-order valence-corrected chi connectivity index (χ3v) is 13.3. The number of benzene rings is 2. The molecule has 0 spiro atoms. The molecule has 0 saturated carbocycles. The van der Waals surface area contributed by atoms with Crippen LogP contribution in [-0.4, -0.2) is 115 Å². The molecule has 0 radical (unpaired) electrons. The highest BCUT2D eigenvalue weighted by Crippen LogP contribution is 2.44. The maximum absolute atomic E-state index is 14.4. The van der Waals surface area contributed by atoms with Crippen molar-refractivity contribution in [3.05, 3.63) is 59.7 Å². The molecular formula is C35H54BN2O12PS. The van der Waals surface area contributed by atoms with Gasteiger partial charge in [0.2, 0.25) is 7.12 Å². The summed E-state index contributed by atoms with van der Waals surface area (Å²) in [5, 5.41) is 11.9. The molecule has 3 N–H and O–H groups in total. The zero-order chi connectivity index (χ0) is 37.9. The van der Waals surface area contributed by atoms with Gasteiger partial charge in [-0.15, -0.1) is 0 Å². The summed E-state index contributed by atoms with van der Waals surface area (Å²) in [6.45, 7) is 6.77. The fourth-order valence-corrected chi connectivity index (χ4v) is 9.69. The average molecular weight is 769 g/mol. The van der Waals surface area contributed by atoms with Gasteiger partial charge in [-0.05, 0) is 73.9 Å². The molecule has 2 aliphatic rings. The van der Waals surface area contributed by atoms with Gasteiger partial charge in [-0.25, -0.2) is 9.59 Å². The zero-order valence-electron chi connectivity index (χ0n) is 30.7. The molecule has 6 atom stereocenters. The normalized spacial score (nSPS) is 21.3. The number of nitrogens with one attached hydrogen (secondary N) is 1. The van der Waals surface area contributed by atoms with Gasteiger partial charge in [0.25, 0.3) is 0 Å². The Bertz CT molecular complexity index is 1550. The smallest absolute Gasteiger partial charge is 0.407 e. The molecule has 2 aliphatic heterocycles. The van der Waals surface area contributed by atoms with Gasteiger partial charge < -0.3 is 39.0 Å². The van der Waals surface area contributed by atoms with E-state index in [0.717, 1.165) is 22.4 Å². The quantitative estimate of drug-likeness (QED) is 0.0671. The molecule has 14 nitrogen and oxygen atoms in total. The topological polar surface area (TPSA) is 179 Å². The van der Waals surface area contributed by atoms with Gasteiger partial charge in [-0.1, -0.05) is 48.1 Å². The standard InChI is InChI=1S/C35H54BN2O12PS/c1-24(2)22-38(52(36,44)30-11-9-29(45-4)10-12-30)16-13-28(37-35(41)49-32-23-48-34-31(32)14-18-47-34)21-27-7-5-26(6-8-27)15-20-51(42,43)50-25(3)33(40)46-19-17-39/h5-12,24-25,28,31-32,34,39,52H,13-23,36H2,1-4H3,(H,37,41)(H,42,43)/t25-,28+,31-,32-,34+/m0/s1. The fraction of sp³-hybridized carbons (Fsp3) is 0.600. The first-order valence-electron chi connectivity index (χ1n) is 17.7. The van der Waals surface area contributed by atoms with E-state index in [4.69, 9.17) is 33.3 Å². The molecule has 290 valence electrons. The fourth-order valence-electron chi connectivity index (χ4n) is 6.30. The summed E-state index contributed by atoms with van der Waals surface area (Å²) in [6.07, 6.45) is -0.872. The molecule has 2 aromatic carbocycles. The number of aliphatic hydroxyl groups excluding tert-OH is 1. The molecule has 2 fully saturated rings. The van der Waals surface area contributed by atoms with Crippen LogP contribution < -0.4 is 10.1 Å². The minimum Gasteiger partial charge on any atom is -0.497 e. The summed E-state index contributed by atoms with van der Waals surface area (Å²) in [5.41, 5.74) is 1.70. The second-order valence-electron chi connectivity index (χ2n) is 13.8. The van der Waals surface area contributed by atoms with Crippen molar-refractivity contribution in [3.63, 3.8) is 0 Å². The van der Waals surface area contributed by atoms with Crippen LogP contribution in [0.3, 0.4) is 0 Å². The molecule has 0 bridgehead atoms. The Kier molecular flexibility index (Phi) is 15.7. The van der Waals surface area contributed by atoms with E-state index >= 15 is 0 Å². The molecule has 17 heteroatoms. The third kappa shape index (κ3) is 12.4. The number of nitrogens with zero attached hydrogens (tertiary/aromatic N) is 1. The lowest BCUT2D eigenvalue weighted by Gasteiger charge is -2.36. The van der Waals surface area contributed by atoms with Crippen molar-refractivity contribution in [1.29, 1.82) is 0 Å². The molecule has 2 heterocycles. The molecule has 0 aromatic heterocycles. The lowest BCUT2D eigenvalue weighted by molar-refractivity contribution is -0.152. The number of thiol groups is 1. The van der Waals surface area contributed by atoms with E-state index in [-0.39, 0.29) is 56.6 Å². The van der Waals surface area contributed by atoms with Crippen molar-refractivity contribution in [2.24, 2.45) is 11.8 Å². The summed E-state index contributed by atoms with van der Waals surface area (Å²) in [4.78, 5) is 36.2. The largest absolute Gasteiger partial charge is 0.497 e. The van der Waals surface area contributed by atoms with E-state index in [2.05, 4.69) is 19.2 Å². The summed E-state index contributed by atoms with van der Waals surface area (Å²) in [5.74, 6) is 0.0862. The molecule has 1 unspecified atom stereocenters. The van der Waals surface area contributed by atoms with Gasteiger partial charge in [-0.2, -0.15) is 0 Å². The molecule has 2 saturated heterocycles. The first kappa shape index (κ1) is 41.9. The number of methoxy groups -OCH3 is 1. The number of esters is 1. The minimum absolute atomic E-state index is 0.00309. The minimum atomic E-state index is -4.11. The lowest BCUT2D eigenvalue weighted by Crippen LogP contribution is -2.45. The molecular weight excluding hydrogens is 714 g/mol. The van der Waals surface area contributed by atoms with E-state index in [1.54, 1.807) is 26.4 Å². The van der Waals surface area contributed by atoms with E-state index in [1.807, 2.05) is 40.7 Å². The second-order valence-corrected chi connectivity index (χ2v) is 18.5. The first-order chi connectivity index (χ1) is 24.7.